The number of rotatable bonds is 2. The minimum Gasteiger partial charge on any atom is -0.311 e. The zero-order chi connectivity index (χ0) is 14.3. The molecular weight excluding hydrogens is 258 g/mol. The molecule has 0 saturated carbocycles. The first kappa shape index (κ1) is 12.5. The fourth-order valence-corrected chi connectivity index (χ4v) is 1.87. The summed E-state index contributed by atoms with van der Waals surface area (Å²) in [5, 5.41) is 27.3. The van der Waals surface area contributed by atoms with Crippen LogP contribution in [-0.2, 0) is 5.41 Å². The molecule has 0 aliphatic carbocycles. The number of aryl methyl sites for hydroxylation is 1. The van der Waals surface area contributed by atoms with Gasteiger partial charge in [0.1, 0.15) is 12.2 Å². The van der Waals surface area contributed by atoms with Gasteiger partial charge in [-0.15, -0.1) is 20.4 Å². The molecule has 0 fully saturated rings. The molecule has 0 bridgehead atoms. The molecule has 0 saturated heterocycles. The lowest BCUT2D eigenvalue weighted by molar-refractivity contribution is 0.561. The Labute approximate surface area is 114 Å². The third-order valence-corrected chi connectivity index (χ3v) is 2.85. The van der Waals surface area contributed by atoms with E-state index in [9.17, 15) is 0 Å². The molecule has 2 N–H and O–H groups in total. The van der Waals surface area contributed by atoms with Crippen LogP contribution in [0.15, 0.2) is 16.6 Å². The number of fused-ring (bicyclic) bond motifs is 1. The van der Waals surface area contributed by atoms with Gasteiger partial charge < -0.3 is 4.98 Å². The van der Waals surface area contributed by atoms with Crippen molar-refractivity contribution in [2.24, 2.45) is 10.2 Å². The molecule has 3 aromatic rings. The fourth-order valence-electron chi connectivity index (χ4n) is 1.87. The maximum absolute atomic E-state index is 4.57. The summed E-state index contributed by atoms with van der Waals surface area (Å²) in [7, 11) is 0. The molecule has 0 aliphatic heterocycles. The van der Waals surface area contributed by atoms with Crippen LogP contribution < -0.4 is 0 Å². The second-order valence-corrected chi connectivity index (χ2v) is 5.49. The van der Waals surface area contributed by atoms with Gasteiger partial charge in [0, 0.05) is 5.41 Å². The van der Waals surface area contributed by atoms with Gasteiger partial charge in [0.25, 0.3) is 5.95 Å². The molecule has 0 radical (unpaired) electrons. The highest BCUT2D eigenvalue weighted by molar-refractivity contribution is 5.67. The molecule has 0 spiro atoms. The van der Waals surface area contributed by atoms with E-state index in [1.54, 1.807) is 4.52 Å². The van der Waals surface area contributed by atoms with Crippen LogP contribution in [0.4, 0.5) is 11.6 Å². The van der Waals surface area contributed by atoms with Crippen LogP contribution in [0.3, 0.4) is 0 Å². The lowest BCUT2D eigenvalue weighted by Crippen LogP contribution is -2.12. The van der Waals surface area contributed by atoms with Crippen molar-refractivity contribution >= 4 is 17.3 Å². The van der Waals surface area contributed by atoms with Gasteiger partial charge in [0.05, 0.1) is 5.69 Å². The van der Waals surface area contributed by atoms with E-state index in [4.69, 9.17) is 0 Å². The van der Waals surface area contributed by atoms with E-state index in [0.29, 0.717) is 11.6 Å². The monoisotopic (exact) mass is 273 g/mol. The molecule has 3 aromatic heterocycles. The predicted molar refractivity (Wildman–Crippen MR) is 71.3 cm³/mol. The van der Waals surface area contributed by atoms with Crippen molar-refractivity contribution in [3.63, 3.8) is 0 Å². The van der Waals surface area contributed by atoms with Crippen LogP contribution in [0, 0.1) is 6.92 Å². The number of hydrogen-bond donors (Lipinski definition) is 2. The highest BCUT2D eigenvalue weighted by atomic mass is 15.4. The molecule has 0 aromatic carbocycles. The van der Waals surface area contributed by atoms with Crippen LogP contribution >= 0.6 is 0 Å². The maximum atomic E-state index is 4.57. The summed E-state index contributed by atoms with van der Waals surface area (Å²) < 4.78 is 1.73. The molecule has 0 unspecified atom stereocenters. The van der Waals surface area contributed by atoms with E-state index in [0.717, 1.165) is 17.2 Å². The minimum atomic E-state index is -0.158. The predicted octanol–water partition coefficient (Wildman–Crippen LogP) is 2.20. The van der Waals surface area contributed by atoms with Crippen LogP contribution in [-0.4, -0.2) is 35.0 Å². The summed E-state index contributed by atoms with van der Waals surface area (Å²) in [4.78, 5) is 2.78. The first-order chi connectivity index (χ1) is 9.47. The summed E-state index contributed by atoms with van der Waals surface area (Å²) >= 11 is 0. The maximum Gasteiger partial charge on any atom is 0.267 e. The molecule has 0 amide bonds. The van der Waals surface area contributed by atoms with Gasteiger partial charge in [-0.1, -0.05) is 20.8 Å². The summed E-state index contributed by atoms with van der Waals surface area (Å²) in [5.41, 5.74) is 2.07. The van der Waals surface area contributed by atoms with E-state index >= 15 is 0 Å². The molecule has 104 valence electrons. The van der Waals surface area contributed by atoms with Crippen LogP contribution in [0.2, 0.25) is 0 Å². The lowest BCUT2D eigenvalue weighted by atomic mass is 9.91. The second-order valence-electron chi connectivity index (χ2n) is 5.49. The standard InChI is InChI=1S/C11H15N9/c1-6-14-16-9-7(15-18-10-12-5-13-17-10)8(11(2,3)4)19-20(6)9/h5,16H,1-4H3,(H,12,13,17)/b18-15+. The van der Waals surface area contributed by atoms with Gasteiger partial charge in [-0.2, -0.15) is 14.7 Å². The van der Waals surface area contributed by atoms with Gasteiger partial charge in [-0.3, -0.25) is 5.10 Å². The van der Waals surface area contributed by atoms with Crippen molar-refractivity contribution in [1.29, 1.82) is 0 Å². The van der Waals surface area contributed by atoms with Crippen LogP contribution in [0.25, 0.3) is 5.65 Å². The molecule has 3 rings (SSSR count). The SMILES string of the molecule is Cc1n[nH]c2c(/N=N/c3nnc[nH]3)c(C(C)(C)C)nn12. The van der Waals surface area contributed by atoms with Crippen molar-refractivity contribution in [1.82, 2.24) is 35.0 Å². The largest absolute Gasteiger partial charge is 0.311 e. The average molecular weight is 273 g/mol. The van der Waals surface area contributed by atoms with Crippen molar-refractivity contribution < 1.29 is 0 Å². The number of aromatic amines is 2. The Bertz CT molecular complexity index is 754. The zero-order valence-corrected chi connectivity index (χ0v) is 11.7. The zero-order valence-electron chi connectivity index (χ0n) is 11.7. The van der Waals surface area contributed by atoms with Crippen LogP contribution in [0.5, 0.6) is 0 Å². The Hall–Kier alpha value is -2.58. The topological polar surface area (TPSA) is 112 Å². The molecule has 0 atom stereocenters. The molecule has 9 heteroatoms. The Morgan fingerprint density at radius 3 is 2.70 bits per heavy atom. The van der Waals surface area contributed by atoms with Gasteiger partial charge >= 0.3 is 0 Å². The van der Waals surface area contributed by atoms with Gasteiger partial charge in [0.2, 0.25) is 0 Å². The summed E-state index contributed by atoms with van der Waals surface area (Å²) in [6, 6.07) is 0. The minimum absolute atomic E-state index is 0.158. The highest BCUT2D eigenvalue weighted by Crippen LogP contribution is 2.34. The third-order valence-electron chi connectivity index (χ3n) is 2.85. The fraction of sp³-hybridized carbons (Fsp3) is 0.455. The Morgan fingerprint density at radius 1 is 1.25 bits per heavy atom. The van der Waals surface area contributed by atoms with Gasteiger partial charge in [0.15, 0.2) is 11.3 Å². The van der Waals surface area contributed by atoms with Crippen molar-refractivity contribution in [2.45, 2.75) is 33.1 Å². The third kappa shape index (κ3) is 1.96. The summed E-state index contributed by atoms with van der Waals surface area (Å²) in [5.74, 6) is 1.12. The molecule has 20 heavy (non-hydrogen) atoms. The Kier molecular flexibility index (Phi) is 2.63. The van der Waals surface area contributed by atoms with Crippen LogP contribution in [0.1, 0.15) is 32.3 Å². The van der Waals surface area contributed by atoms with Crippen molar-refractivity contribution in [2.75, 3.05) is 0 Å². The number of H-pyrrole nitrogens is 2. The second kappa shape index (κ2) is 4.22. The molecule has 0 aliphatic rings. The van der Waals surface area contributed by atoms with E-state index in [2.05, 4.69) is 61.5 Å². The van der Waals surface area contributed by atoms with E-state index in [-0.39, 0.29) is 5.41 Å². The number of aromatic nitrogens is 7. The van der Waals surface area contributed by atoms with E-state index in [1.165, 1.54) is 6.33 Å². The quantitative estimate of drug-likeness (QED) is 0.697. The number of nitrogens with zero attached hydrogens (tertiary/aromatic N) is 7. The first-order valence-electron chi connectivity index (χ1n) is 6.19. The molecular formula is C11H15N9. The van der Waals surface area contributed by atoms with Crippen molar-refractivity contribution in [3.05, 3.63) is 17.8 Å². The highest BCUT2D eigenvalue weighted by Gasteiger charge is 2.26. The Morgan fingerprint density at radius 2 is 2.05 bits per heavy atom. The number of hydrogen-bond acceptors (Lipinski definition) is 6. The van der Waals surface area contributed by atoms with E-state index < -0.39 is 0 Å². The number of azo groups is 1. The Balaban J connectivity index is 2.16. The molecule has 3 heterocycles. The summed E-state index contributed by atoms with van der Waals surface area (Å²) in [6.45, 7) is 8.10. The van der Waals surface area contributed by atoms with E-state index in [1.807, 2.05) is 6.92 Å². The van der Waals surface area contributed by atoms with Crippen molar-refractivity contribution in [3.8, 4) is 0 Å². The average Bonchev–Trinajstić information content (AvgIpc) is 3.04. The number of nitrogens with one attached hydrogen (secondary N) is 2. The lowest BCUT2D eigenvalue weighted by Gasteiger charge is -2.15. The van der Waals surface area contributed by atoms with Gasteiger partial charge in [-0.05, 0) is 6.92 Å². The van der Waals surface area contributed by atoms with Gasteiger partial charge in [-0.25, -0.2) is 0 Å². The first-order valence-corrected chi connectivity index (χ1v) is 6.19. The summed E-state index contributed by atoms with van der Waals surface area (Å²) in [6.07, 6.45) is 1.45. The molecule has 9 nitrogen and oxygen atoms in total. The normalized spacial score (nSPS) is 12.8. The smallest absolute Gasteiger partial charge is 0.267 e.